The van der Waals surface area contributed by atoms with E-state index in [1.54, 1.807) is 13.0 Å². The molecule has 44 heavy (non-hydrogen) atoms. The van der Waals surface area contributed by atoms with E-state index in [0.717, 1.165) is 15.4 Å². The van der Waals surface area contributed by atoms with Gasteiger partial charge in [0.15, 0.2) is 11.5 Å². The predicted molar refractivity (Wildman–Crippen MR) is 171 cm³/mol. The van der Waals surface area contributed by atoms with Gasteiger partial charge in [0.05, 0.1) is 31.9 Å². The molecule has 0 aliphatic heterocycles. The highest BCUT2D eigenvalue weighted by molar-refractivity contribution is 7.92. The third kappa shape index (κ3) is 8.15. The van der Waals surface area contributed by atoms with Crippen molar-refractivity contribution in [3.63, 3.8) is 0 Å². The van der Waals surface area contributed by atoms with E-state index in [9.17, 15) is 18.0 Å². The van der Waals surface area contributed by atoms with Crippen LogP contribution in [0.5, 0.6) is 17.2 Å². The van der Waals surface area contributed by atoms with Crippen molar-refractivity contribution in [1.29, 1.82) is 0 Å². The smallest absolute Gasteiger partial charge is 0.265 e. The van der Waals surface area contributed by atoms with E-state index in [0.29, 0.717) is 5.75 Å². The Morgan fingerprint density at radius 1 is 0.909 bits per heavy atom. The third-order valence-corrected chi connectivity index (χ3v) is 8.89. The second kappa shape index (κ2) is 14.2. The van der Waals surface area contributed by atoms with E-state index in [2.05, 4.69) is 5.32 Å². The number of carbonyl (C=O) groups excluding carboxylic acids is 2. The highest BCUT2D eigenvalue weighted by atomic mass is 35.5. The first-order valence-electron chi connectivity index (χ1n) is 13.9. The van der Waals surface area contributed by atoms with Gasteiger partial charge in [-0.25, -0.2) is 8.42 Å². The van der Waals surface area contributed by atoms with Gasteiger partial charge in [-0.3, -0.25) is 13.9 Å². The predicted octanol–water partition coefficient (Wildman–Crippen LogP) is 5.20. The summed E-state index contributed by atoms with van der Waals surface area (Å²) in [6, 6.07) is 15.2. The molecule has 0 aliphatic carbocycles. The lowest BCUT2D eigenvalue weighted by Crippen LogP contribution is -2.54. The van der Waals surface area contributed by atoms with Crippen molar-refractivity contribution in [2.24, 2.45) is 0 Å². The minimum Gasteiger partial charge on any atom is -0.495 e. The van der Waals surface area contributed by atoms with Crippen LogP contribution in [0.15, 0.2) is 65.6 Å². The summed E-state index contributed by atoms with van der Waals surface area (Å²) in [7, 11) is -0.216. The molecule has 3 rings (SSSR count). The van der Waals surface area contributed by atoms with E-state index < -0.39 is 34.1 Å². The number of rotatable bonds is 12. The summed E-state index contributed by atoms with van der Waals surface area (Å²) < 4.78 is 45.7. The fourth-order valence-corrected chi connectivity index (χ4v) is 6.10. The number of sulfonamides is 1. The van der Waals surface area contributed by atoms with Crippen LogP contribution >= 0.6 is 11.6 Å². The quantitative estimate of drug-likeness (QED) is 0.288. The minimum atomic E-state index is -4.43. The molecule has 1 atom stereocenters. The Kier molecular flexibility index (Phi) is 11.2. The van der Waals surface area contributed by atoms with E-state index in [1.807, 2.05) is 52.0 Å². The molecule has 0 unspecified atom stereocenters. The second-order valence-electron chi connectivity index (χ2n) is 11.2. The molecule has 3 aromatic carbocycles. The first kappa shape index (κ1) is 34.5. The molecular weight excluding hydrogens is 606 g/mol. The van der Waals surface area contributed by atoms with Crippen molar-refractivity contribution < 1.29 is 32.2 Å². The molecule has 0 fully saturated rings. The van der Waals surface area contributed by atoms with E-state index in [1.165, 1.54) is 56.6 Å². The minimum absolute atomic E-state index is 0.0470. The number of hydrogen-bond donors (Lipinski definition) is 1. The molecule has 238 valence electrons. The topological polar surface area (TPSA) is 114 Å². The van der Waals surface area contributed by atoms with E-state index in [-0.39, 0.29) is 39.6 Å². The maximum Gasteiger partial charge on any atom is 0.265 e. The van der Waals surface area contributed by atoms with Crippen LogP contribution in [-0.4, -0.2) is 64.6 Å². The summed E-state index contributed by atoms with van der Waals surface area (Å²) >= 11 is 6.32. The maximum atomic E-state index is 14.3. The van der Waals surface area contributed by atoms with Crippen molar-refractivity contribution in [1.82, 2.24) is 10.2 Å². The summed E-state index contributed by atoms with van der Waals surface area (Å²) in [5, 5.41) is 3.15. The molecule has 10 nitrogen and oxygen atoms in total. The third-order valence-electron chi connectivity index (χ3n) is 6.90. The summed E-state index contributed by atoms with van der Waals surface area (Å²) in [6.07, 6.45) is 0. The molecule has 0 bridgehead atoms. The van der Waals surface area contributed by atoms with Crippen LogP contribution in [0.2, 0.25) is 5.02 Å². The lowest BCUT2D eigenvalue weighted by molar-refractivity contribution is -0.140. The number of nitrogens with zero attached hydrogens (tertiary/aromatic N) is 2. The molecule has 0 radical (unpaired) electrons. The fourth-order valence-electron chi connectivity index (χ4n) is 4.50. The molecule has 0 heterocycles. The van der Waals surface area contributed by atoms with Crippen LogP contribution in [0, 0.1) is 6.92 Å². The zero-order chi connectivity index (χ0) is 32.8. The lowest BCUT2D eigenvalue weighted by Gasteiger charge is -2.34. The molecule has 0 saturated carbocycles. The largest absolute Gasteiger partial charge is 0.495 e. The summed E-state index contributed by atoms with van der Waals surface area (Å²) in [6.45, 7) is 8.45. The van der Waals surface area contributed by atoms with Crippen LogP contribution in [0.4, 0.5) is 5.69 Å². The molecule has 0 saturated heterocycles. The first-order chi connectivity index (χ1) is 20.6. The standard InChI is InChI=1S/C32H40ClN3O7S/c1-21-11-9-10-12-23(21)19-35(22(2)31(38)34-32(3,4)5)30(37)20-36(26-17-24(33)13-15-27(26)41-6)44(39,40)25-14-16-28(42-7)29(18-25)43-8/h9-18,22H,19-20H2,1-8H3,(H,34,38)/t22-/m0/s1. The molecule has 2 amide bonds. The van der Waals surface area contributed by atoms with Gasteiger partial charge in [0, 0.05) is 23.2 Å². The molecule has 12 heteroatoms. The molecule has 1 N–H and O–H groups in total. The van der Waals surface area contributed by atoms with Crippen LogP contribution in [0.25, 0.3) is 0 Å². The van der Waals surface area contributed by atoms with Crippen LogP contribution < -0.4 is 23.8 Å². The summed E-state index contributed by atoms with van der Waals surface area (Å²) in [4.78, 5) is 28.8. The van der Waals surface area contributed by atoms with Gasteiger partial charge in [-0.2, -0.15) is 0 Å². The van der Waals surface area contributed by atoms with Crippen molar-refractivity contribution in [2.45, 2.75) is 57.6 Å². The number of amides is 2. The highest BCUT2D eigenvalue weighted by Gasteiger charge is 2.35. The van der Waals surface area contributed by atoms with E-state index >= 15 is 0 Å². The SMILES string of the molecule is COc1ccc(S(=O)(=O)N(CC(=O)N(Cc2ccccc2C)[C@@H](C)C(=O)NC(C)(C)C)c2cc(Cl)ccc2OC)cc1OC. The van der Waals surface area contributed by atoms with Gasteiger partial charge in [0.2, 0.25) is 11.8 Å². The second-order valence-corrected chi connectivity index (χ2v) is 13.5. The van der Waals surface area contributed by atoms with Crippen molar-refractivity contribution >= 4 is 39.1 Å². The fraction of sp³-hybridized carbons (Fsp3) is 0.375. The Hall–Kier alpha value is -3.96. The average molecular weight is 646 g/mol. The maximum absolute atomic E-state index is 14.3. The normalized spacial score (nSPS) is 12.2. The average Bonchev–Trinajstić information content (AvgIpc) is 2.97. The highest BCUT2D eigenvalue weighted by Crippen LogP contribution is 2.37. The van der Waals surface area contributed by atoms with Gasteiger partial charge >= 0.3 is 0 Å². The molecule has 0 aliphatic rings. The number of carbonyl (C=O) groups is 2. The van der Waals surface area contributed by atoms with Crippen LogP contribution in [0.3, 0.4) is 0 Å². The Morgan fingerprint density at radius 2 is 1.52 bits per heavy atom. The van der Waals surface area contributed by atoms with Gasteiger partial charge in [0.1, 0.15) is 18.3 Å². The Bertz CT molecular complexity index is 1610. The van der Waals surface area contributed by atoms with Crippen LogP contribution in [-0.2, 0) is 26.2 Å². The van der Waals surface area contributed by atoms with Crippen molar-refractivity contribution in [3.8, 4) is 17.2 Å². The Labute approximate surface area is 264 Å². The van der Waals surface area contributed by atoms with Crippen molar-refractivity contribution in [2.75, 3.05) is 32.2 Å². The number of aryl methyl sites for hydroxylation is 1. The van der Waals surface area contributed by atoms with Gasteiger partial charge in [-0.05, 0) is 76.1 Å². The monoisotopic (exact) mass is 645 g/mol. The number of methoxy groups -OCH3 is 3. The van der Waals surface area contributed by atoms with Gasteiger partial charge in [-0.15, -0.1) is 0 Å². The van der Waals surface area contributed by atoms with Gasteiger partial charge in [0.25, 0.3) is 10.0 Å². The summed E-state index contributed by atoms with van der Waals surface area (Å²) in [5.74, 6) is -0.302. The molecular formula is C32H40ClN3O7S. The number of anilines is 1. The number of hydrogen-bond acceptors (Lipinski definition) is 7. The first-order valence-corrected chi connectivity index (χ1v) is 15.7. The zero-order valence-electron chi connectivity index (χ0n) is 26.3. The molecule has 3 aromatic rings. The molecule has 0 aromatic heterocycles. The number of ether oxygens (including phenoxy) is 3. The number of benzene rings is 3. The molecule has 0 spiro atoms. The van der Waals surface area contributed by atoms with E-state index in [4.69, 9.17) is 25.8 Å². The number of nitrogens with one attached hydrogen (secondary N) is 1. The number of halogens is 1. The van der Waals surface area contributed by atoms with Gasteiger partial charge < -0.3 is 24.4 Å². The van der Waals surface area contributed by atoms with Gasteiger partial charge in [-0.1, -0.05) is 35.9 Å². The van der Waals surface area contributed by atoms with Crippen molar-refractivity contribution in [3.05, 3.63) is 76.8 Å². The zero-order valence-corrected chi connectivity index (χ0v) is 27.9. The summed E-state index contributed by atoms with van der Waals surface area (Å²) in [5.41, 5.74) is 1.22. The lowest BCUT2D eigenvalue weighted by atomic mass is 10.1. The van der Waals surface area contributed by atoms with Crippen LogP contribution in [0.1, 0.15) is 38.8 Å². The Balaban J connectivity index is 2.17. The Morgan fingerprint density at radius 3 is 2.11 bits per heavy atom.